The topological polar surface area (TPSA) is 55.4 Å². The highest BCUT2D eigenvalue weighted by atomic mass is 19.3. The van der Waals surface area contributed by atoms with Gasteiger partial charge in [0.05, 0.1) is 6.61 Å². The van der Waals surface area contributed by atoms with Crippen LogP contribution in [0.3, 0.4) is 0 Å². The molecular weight excluding hydrogens is 244 g/mol. The van der Waals surface area contributed by atoms with Crippen molar-refractivity contribution in [1.29, 1.82) is 0 Å². The molecule has 0 bridgehead atoms. The van der Waals surface area contributed by atoms with Crippen LogP contribution in [-0.4, -0.2) is 30.4 Å². The Morgan fingerprint density at radius 2 is 1.89 bits per heavy atom. The van der Waals surface area contributed by atoms with Gasteiger partial charge in [0.2, 0.25) is 0 Å². The van der Waals surface area contributed by atoms with E-state index in [1.165, 1.54) is 6.92 Å². The number of unbranched alkanes of at least 4 members (excludes halogenated alkanes) is 2. The van der Waals surface area contributed by atoms with Crippen molar-refractivity contribution in [2.45, 2.75) is 58.4 Å². The second-order valence-corrected chi connectivity index (χ2v) is 4.17. The minimum absolute atomic E-state index is 0.187. The van der Waals surface area contributed by atoms with Gasteiger partial charge in [-0.1, -0.05) is 26.2 Å². The van der Waals surface area contributed by atoms with Gasteiger partial charge in [-0.25, -0.2) is 4.79 Å². The predicted molar refractivity (Wildman–Crippen MR) is 63.3 cm³/mol. The summed E-state index contributed by atoms with van der Waals surface area (Å²) in [4.78, 5) is 22.2. The van der Waals surface area contributed by atoms with Crippen LogP contribution in [0.1, 0.15) is 46.5 Å². The molecule has 0 saturated carbocycles. The second kappa shape index (κ2) is 8.00. The lowest BCUT2D eigenvalue weighted by atomic mass is 10.1. The molecule has 0 fully saturated rings. The molecular formula is C12H21F2NO3. The molecule has 0 saturated heterocycles. The molecule has 0 aromatic heterocycles. The van der Waals surface area contributed by atoms with E-state index in [-0.39, 0.29) is 12.6 Å². The summed E-state index contributed by atoms with van der Waals surface area (Å²) in [5.41, 5.74) is 0. The molecule has 6 heteroatoms. The maximum Gasteiger partial charge on any atom is 0.418 e. The average molecular weight is 265 g/mol. The lowest BCUT2D eigenvalue weighted by molar-refractivity contribution is -0.177. The van der Waals surface area contributed by atoms with Crippen LogP contribution in [0.5, 0.6) is 0 Å². The summed E-state index contributed by atoms with van der Waals surface area (Å²) in [6.45, 7) is 4.87. The number of halogens is 2. The summed E-state index contributed by atoms with van der Waals surface area (Å²) in [6.07, 6.45) is 3.45. The Hall–Kier alpha value is -1.20. The normalized spacial score (nSPS) is 12.9. The lowest BCUT2D eigenvalue weighted by Crippen LogP contribution is -2.49. The Morgan fingerprint density at radius 3 is 2.39 bits per heavy atom. The second-order valence-electron chi connectivity index (χ2n) is 4.17. The molecule has 18 heavy (non-hydrogen) atoms. The van der Waals surface area contributed by atoms with Crippen molar-refractivity contribution in [3.8, 4) is 0 Å². The zero-order chi connectivity index (χ0) is 14.2. The van der Waals surface area contributed by atoms with Crippen LogP contribution in [0.25, 0.3) is 0 Å². The molecule has 4 nitrogen and oxygen atoms in total. The third kappa shape index (κ3) is 5.42. The molecule has 0 aliphatic heterocycles. The average Bonchev–Trinajstić information content (AvgIpc) is 2.29. The molecule has 0 aliphatic rings. The van der Waals surface area contributed by atoms with Gasteiger partial charge in [-0.3, -0.25) is 4.79 Å². The van der Waals surface area contributed by atoms with Crippen molar-refractivity contribution in [1.82, 2.24) is 5.32 Å². The van der Waals surface area contributed by atoms with Gasteiger partial charge in [-0.2, -0.15) is 8.78 Å². The minimum Gasteiger partial charge on any atom is -0.461 e. The van der Waals surface area contributed by atoms with E-state index in [4.69, 9.17) is 0 Å². The summed E-state index contributed by atoms with van der Waals surface area (Å²) < 4.78 is 30.7. The number of amides is 1. The summed E-state index contributed by atoms with van der Waals surface area (Å²) in [5, 5.41) is 2.13. The van der Waals surface area contributed by atoms with Crippen molar-refractivity contribution >= 4 is 11.9 Å². The smallest absolute Gasteiger partial charge is 0.418 e. The van der Waals surface area contributed by atoms with Gasteiger partial charge in [0.15, 0.2) is 0 Å². The summed E-state index contributed by atoms with van der Waals surface area (Å²) in [7, 11) is 0. The third-order valence-electron chi connectivity index (χ3n) is 2.44. The van der Waals surface area contributed by atoms with Crippen LogP contribution in [0.4, 0.5) is 8.78 Å². The molecule has 0 rings (SSSR count). The van der Waals surface area contributed by atoms with Gasteiger partial charge in [0.1, 0.15) is 0 Å². The zero-order valence-electron chi connectivity index (χ0n) is 11.1. The number of ether oxygens (including phenoxy) is 1. The number of rotatable bonds is 8. The Bertz CT molecular complexity index is 282. The number of esters is 1. The molecule has 0 radical (unpaired) electrons. The van der Waals surface area contributed by atoms with Gasteiger partial charge in [-0.15, -0.1) is 0 Å². The van der Waals surface area contributed by atoms with Crippen molar-refractivity contribution in [2.24, 2.45) is 0 Å². The van der Waals surface area contributed by atoms with E-state index in [2.05, 4.69) is 10.1 Å². The molecule has 1 amide bonds. The maximum absolute atomic E-state index is 13.3. The van der Waals surface area contributed by atoms with Gasteiger partial charge < -0.3 is 10.1 Å². The zero-order valence-corrected chi connectivity index (χ0v) is 11.1. The Morgan fingerprint density at radius 1 is 1.28 bits per heavy atom. The highest BCUT2D eigenvalue weighted by Gasteiger charge is 2.49. The van der Waals surface area contributed by atoms with Gasteiger partial charge in [0, 0.05) is 6.04 Å². The fourth-order valence-electron chi connectivity index (χ4n) is 1.40. The number of hydrogen-bond donors (Lipinski definition) is 1. The first-order valence-electron chi connectivity index (χ1n) is 6.22. The molecule has 0 aromatic rings. The van der Waals surface area contributed by atoms with E-state index in [1.807, 2.05) is 6.92 Å². The summed E-state index contributed by atoms with van der Waals surface area (Å²) in [6, 6.07) is -0.385. The lowest BCUT2D eigenvalue weighted by Gasteiger charge is -2.18. The monoisotopic (exact) mass is 265 g/mol. The number of carbonyl (C=O) groups excluding carboxylic acids is 2. The SMILES string of the molecule is CCCCCC(C)NC(=O)C(F)(F)C(=O)OCC. The fourth-order valence-corrected chi connectivity index (χ4v) is 1.40. The first kappa shape index (κ1) is 16.8. The van der Waals surface area contributed by atoms with Crippen molar-refractivity contribution in [3.05, 3.63) is 0 Å². The third-order valence-corrected chi connectivity index (χ3v) is 2.44. The molecule has 0 heterocycles. The van der Waals surface area contributed by atoms with Crippen LogP contribution >= 0.6 is 0 Å². The van der Waals surface area contributed by atoms with Crippen LogP contribution in [0, 0.1) is 0 Å². The number of carbonyl (C=O) groups is 2. The molecule has 0 aliphatic carbocycles. The van der Waals surface area contributed by atoms with Gasteiger partial charge >= 0.3 is 17.8 Å². The van der Waals surface area contributed by atoms with E-state index < -0.39 is 17.8 Å². The van der Waals surface area contributed by atoms with Gasteiger partial charge in [0.25, 0.3) is 0 Å². The molecule has 1 unspecified atom stereocenters. The van der Waals surface area contributed by atoms with E-state index >= 15 is 0 Å². The molecule has 0 spiro atoms. The highest BCUT2D eigenvalue weighted by Crippen LogP contribution is 2.16. The predicted octanol–water partition coefficient (Wildman–Crippen LogP) is 2.27. The van der Waals surface area contributed by atoms with Crippen molar-refractivity contribution < 1.29 is 23.1 Å². The molecule has 106 valence electrons. The molecule has 0 aromatic carbocycles. The standard InChI is InChI=1S/C12H21F2NO3/c1-4-6-7-8-9(3)15-10(16)12(13,14)11(17)18-5-2/h9H,4-8H2,1-3H3,(H,15,16). The first-order chi connectivity index (χ1) is 8.36. The van der Waals surface area contributed by atoms with E-state index in [0.29, 0.717) is 6.42 Å². The van der Waals surface area contributed by atoms with Crippen LogP contribution < -0.4 is 5.32 Å². The van der Waals surface area contributed by atoms with Gasteiger partial charge in [-0.05, 0) is 20.3 Å². The van der Waals surface area contributed by atoms with Crippen LogP contribution in [0.2, 0.25) is 0 Å². The largest absolute Gasteiger partial charge is 0.461 e. The molecule has 1 N–H and O–H groups in total. The van der Waals surface area contributed by atoms with Crippen molar-refractivity contribution in [2.75, 3.05) is 6.61 Å². The quantitative estimate of drug-likeness (QED) is 0.416. The highest BCUT2D eigenvalue weighted by molar-refractivity contribution is 6.04. The number of hydrogen-bond acceptors (Lipinski definition) is 3. The van der Waals surface area contributed by atoms with E-state index in [0.717, 1.165) is 19.3 Å². The van der Waals surface area contributed by atoms with Crippen LogP contribution in [-0.2, 0) is 14.3 Å². The van der Waals surface area contributed by atoms with Crippen molar-refractivity contribution in [3.63, 3.8) is 0 Å². The first-order valence-corrected chi connectivity index (χ1v) is 6.22. The Kier molecular flexibility index (Phi) is 7.47. The Labute approximate surface area is 106 Å². The summed E-state index contributed by atoms with van der Waals surface area (Å²) >= 11 is 0. The number of alkyl halides is 2. The minimum atomic E-state index is -4.12. The summed E-state index contributed by atoms with van der Waals surface area (Å²) in [5.74, 6) is -7.51. The van der Waals surface area contributed by atoms with E-state index in [9.17, 15) is 18.4 Å². The van der Waals surface area contributed by atoms with E-state index in [1.54, 1.807) is 6.92 Å². The fraction of sp³-hybridized carbons (Fsp3) is 0.833. The number of nitrogens with one attached hydrogen (secondary N) is 1. The Balaban J connectivity index is 4.24. The van der Waals surface area contributed by atoms with Crippen LogP contribution in [0.15, 0.2) is 0 Å². The maximum atomic E-state index is 13.3. The molecule has 1 atom stereocenters.